The zero-order valence-corrected chi connectivity index (χ0v) is 17.6. The van der Waals surface area contributed by atoms with Gasteiger partial charge >= 0.3 is 0 Å². The van der Waals surface area contributed by atoms with E-state index in [-0.39, 0.29) is 5.91 Å². The minimum atomic E-state index is -0.224. The molecular weight excluding hydrogens is 402 g/mol. The highest BCUT2D eigenvalue weighted by molar-refractivity contribution is 6.08. The summed E-state index contributed by atoms with van der Waals surface area (Å²) in [5.41, 5.74) is 9.53. The molecule has 1 amide bonds. The average Bonchev–Trinajstić information content (AvgIpc) is 3.23. The summed E-state index contributed by atoms with van der Waals surface area (Å²) in [6, 6.07) is 22.6. The molecule has 0 fully saturated rings. The number of ether oxygens (including phenoxy) is 1. The summed E-state index contributed by atoms with van der Waals surface area (Å²) >= 11 is 0. The molecule has 0 saturated carbocycles. The third-order valence-electron chi connectivity index (χ3n) is 5.12. The van der Waals surface area contributed by atoms with E-state index >= 15 is 0 Å². The molecule has 32 heavy (non-hydrogen) atoms. The molecule has 7 heteroatoms. The molecule has 0 radical (unpaired) electrons. The first-order valence-corrected chi connectivity index (χ1v) is 10.1. The molecule has 4 N–H and O–H groups in total. The molecule has 4 rings (SSSR count). The molecule has 7 nitrogen and oxygen atoms in total. The number of fused-ring (bicyclic) bond motifs is 1. The fourth-order valence-corrected chi connectivity index (χ4v) is 3.51. The zero-order valence-electron chi connectivity index (χ0n) is 17.6. The Bertz CT molecular complexity index is 1310. The number of nitrogens with zero attached hydrogens (tertiary/aromatic N) is 2. The van der Waals surface area contributed by atoms with Crippen LogP contribution in [0.25, 0.3) is 22.3 Å². The summed E-state index contributed by atoms with van der Waals surface area (Å²) in [4.78, 5) is 17.9. The first-order valence-electron chi connectivity index (χ1n) is 10.1. The predicted octanol–water partition coefficient (Wildman–Crippen LogP) is 3.91. The molecule has 0 bridgehead atoms. The van der Waals surface area contributed by atoms with Crippen LogP contribution in [0.2, 0.25) is 0 Å². The molecule has 4 aromatic rings. The Balaban J connectivity index is 1.76. The summed E-state index contributed by atoms with van der Waals surface area (Å²) in [6.07, 6.45) is 2.50. The van der Waals surface area contributed by atoms with Crippen LogP contribution in [0.1, 0.15) is 21.7 Å². The first-order chi connectivity index (χ1) is 15.6. The third-order valence-corrected chi connectivity index (χ3v) is 5.12. The molecule has 0 atom stereocenters. The minimum Gasteiger partial charge on any atom is -0.497 e. The van der Waals surface area contributed by atoms with Gasteiger partial charge in [-0.2, -0.15) is 0 Å². The van der Waals surface area contributed by atoms with Crippen molar-refractivity contribution in [3.05, 3.63) is 95.9 Å². The number of methoxy groups -OCH3 is 1. The number of pyridine rings is 1. The second-order valence-electron chi connectivity index (χ2n) is 7.11. The van der Waals surface area contributed by atoms with Gasteiger partial charge in [0.15, 0.2) is 0 Å². The SMILES string of the molecule is COc1cccc(CNC(=O)c2cc3ccc(/C(C=N)=C/N)nc3n2-c2ccccc2)c1. The second-order valence-corrected chi connectivity index (χ2v) is 7.11. The van der Waals surface area contributed by atoms with Gasteiger partial charge in [0, 0.05) is 35.6 Å². The normalized spacial score (nSPS) is 11.3. The van der Waals surface area contributed by atoms with E-state index in [1.165, 1.54) is 6.20 Å². The number of nitrogens with two attached hydrogens (primary N) is 1. The lowest BCUT2D eigenvalue weighted by atomic mass is 10.2. The number of hydrogen-bond acceptors (Lipinski definition) is 5. The minimum absolute atomic E-state index is 0.224. The summed E-state index contributed by atoms with van der Waals surface area (Å²) in [5.74, 6) is 0.514. The van der Waals surface area contributed by atoms with Crippen LogP contribution >= 0.6 is 0 Å². The molecule has 0 unspecified atom stereocenters. The number of hydrogen-bond donors (Lipinski definition) is 3. The smallest absolute Gasteiger partial charge is 0.268 e. The molecule has 160 valence electrons. The molecular formula is C25H23N5O2. The Hall–Kier alpha value is -4.39. The van der Waals surface area contributed by atoms with E-state index in [4.69, 9.17) is 20.9 Å². The van der Waals surface area contributed by atoms with E-state index in [1.54, 1.807) is 13.2 Å². The molecule has 0 aliphatic heterocycles. The third kappa shape index (κ3) is 4.09. The molecule has 2 heterocycles. The Labute approximate surface area is 185 Å². The lowest BCUT2D eigenvalue weighted by molar-refractivity contribution is 0.0944. The lowest BCUT2D eigenvalue weighted by Gasteiger charge is -2.12. The van der Waals surface area contributed by atoms with Gasteiger partial charge in [0.05, 0.1) is 12.8 Å². The number of amides is 1. The van der Waals surface area contributed by atoms with E-state index in [2.05, 4.69) is 5.32 Å². The van der Waals surface area contributed by atoms with Crippen LogP contribution in [0.15, 0.2) is 79.0 Å². The van der Waals surface area contributed by atoms with Crippen molar-refractivity contribution in [3.8, 4) is 11.4 Å². The fourth-order valence-electron chi connectivity index (χ4n) is 3.51. The van der Waals surface area contributed by atoms with Crippen molar-refractivity contribution >= 4 is 28.7 Å². The zero-order chi connectivity index (χ0) is 22.5. The molecule has 2 aromatic carbocycles. The van der Waals surface area contributed by atoms with Crippen molar-refractivity contribution in [1.29, 1.82) is 5.41 Å². The van der Waals surface area contributed by atoms with Crippen molar-refractivity contribution in [2.45, 2.75) is 6.54 Å². The number of carbonyl (C=O) groups is 1. The van der Waals surface area contributed by atoms with E-state index in [9.17, 15) is 4.79 Å². The van der Waals surface area contributed by atoms with E-state index in [0.29, 0.717) is 29.2 Å². The summed E-state index contributed by atoms with van der Waals surface area (Å²) < 4.78 is 7.07. The maximum absolute atomic E-state index is 13.2. The lowest BCUT2D eigenvalue weighted by Crippen LogP contribution is -2.25. The second kappa shape index (κ2) is 9.18. The number of allylic oxidation sites excluding steroid dienone is 1. The molecule has 0 saturated heterocycles. The van der Waals surface area contributed by atoms with Gasteiger partial charge in [-0.25, -0.2) is 4.98 Å². The maximum Gasteiger partial charge on any atom is 0.268 e. The van der Waals surface area contributed by atoms with Crippen molar-refractivity contribution < 1.29 is 9.53 Å². The van der Waals surface area contributed by atoms with Crippen LogP contribution in [0.3, 0.4) is 0 Å². The number of benzene rings is 2. The van der Waals surface area contributed by atoms with E-state index < -0.39 is 0 Å². The molecule has 0 spiro atoms. The van der Waals surface area contributed by atoms with Crippen molar-refractivity contribution in [1.82, 2.24) is 14.9 Å². The highest BCUT2D eigenvalue weighted by Crippen LogP contribution is 2.25. The van der Waals surface area contributed by atoms with Gasteiger partial charge in [-0.05, 0) is 48.0 Å². The Morgan fingerprint density at radius 3 is 2.66 bits per heavy atom. The number of para-hydroxylation sites is 1. The van der Waals surface area contributed by atoms with Gasteiger partial charge in [0.25, 0.3) is 5.91 Å². The first kappa shape index (κ1) is 20.9. The van der Waals surface area contributed by atoms with Gasteiger partial charge in [0.1, 0.15) is 17.1 Å². The number of nitrogens with one attached hydrogen (secondary N) is 2. The van der Waals surface area contributed by atoms with Gasteiger partial charge in [-0.15, -0.1) is 0 Å². The summed E-state index contributed by atoms with van der Waals surface area (Å²) in [7, 11) is 1.61. The quantitative estimate of drug-likeness (QED) is 0.390. The van der Waals surface area contributed by atoms with Crippen LogP contribution in [0.4, 0.5) is 0 Å². The molecule has 2 aromatic heterocycles. The summed E-state index contributed by atoms with van der Waals surface area (Å²) in [5, 5.41) is 11.4. The Kier molecular flexibility index (Phi) is 5.98. The van der Waals surface area contributed by atoms with Crippen LogP contribution in [0.5, 0.6) is 5.75 Å². The Morgan fingerprint density at radius 1 is 1.12 bits per heavy atom. The predicted molar refractivity (Wildman–Crippen MR) is 126 cm³/mol. The number of rotatable bonds is 7. The van der Waals surface area contributed by atoms with Crippen molar-refractivity contribution in [3.63, 3.8) is 0 Å². The topological polar surface area (TPSA) is 106 Å². The van der Waals surface area contributed by atoms with Crippen molar-refractivity contribution in [2.24, 2.45) is 5.73 Å². The molecule has 0 aliphatic rings. The van der Waals surface area contributed by atoms with Crippen LogP contribution in [-0.2, 0) is 6.54 Å². The van der Waals surface area contributed by atoms with E-state index in [0.717, 1.165) is 28.6 Å². The highest BCUT2D eigenvalue weighted by atomic mass is 16.5. The Morgan fingerprint density at radius 2 is 1.94 bits per heavy atom. The van der Waals surface area contributed by atoms with Gasteiger partial charge in [0.2, 0.25) is 0 Å². The largest absolute Gasteiger partial charge is 0.497 e. The van der Waals surface area contributed by atoms with E-state index in [1.807, 2.05) is 71.3 Å². The van der Waals surface area contributed by atoms with Gasteiger partial charge < -0.3 is 21.2 Å². The fraction of sp³-hybridized carbons (Fsp3) is 0.0800. The number of aromatic nitrogens is 2. The highest BCUT2D eigenvalue weighted by Gasteiger charge is 2.18. The number of carbonyl (C=O) groups excluding carboxylic acids is 1. The van der Waals surface area contributed by atoms with Crippen LogP contribution < -0.4 is 15.8 Å². The summed E-state index contributed by atoms with van der Waals surface area (Å²) in [6.45, 7) is 0.360. The average molecular weight is 425 g/mol. The van der Waals surface area contributed by atoms with Crippen LogP contribution in [0, 0.1) is 5.41 Å². The monoisotopic (exact) mass is 425 g/mol. The molecule has 0 aliphatic carbocycles. The van der Waals surface area contributed by atoms with Gasteiger partial charge in [-0.1, -0.05) is 30.3 Å². The van der Waals surface area contributed by atoms with Crippen molar-refractivity contribution in [2.75, 3.05) is 7.11 Å². The standard InChI is InChI=1S/C25H23N5O2/c1-32-21-9-5-6-17(12-21)16-28-25(31)23-13-18-10-11-22(19(14-26)15-27)29-24(18)30(23)20-7-3-2-4-8-20/h2-15,26H,16,27H2,1H3,(H,28,31)/b19-15+,26-14?. The maximum atomic E-state index is 13.2. The van der Waals surface area contributed by atoms with Crippen LogP contribution in [-0.4, -0.2) is 28.8 Å². The van der Waals surface area contributed by atoms with Gasteiger partial charge in [-0.3, -0.25) is 9.36 Å².